The molecule has 0 saturated heterocycles. The van der Waals surface area contributed by atoms with Crippen LogP contribution in [0.1, 0.15) is 40.0 Å². The van der Waals surface area contributed by atoms with Crippen molar-refractivity contribution in [3.63, 3.8) is 0 Å². The summed E-state index contributed by atoms with van der Waals surface area (Å²) in [5.41, 5.74) is -0.803. The Morgan fingerprint density at radius 1 is 1.36 bits per heavy atom. The maximum atomic E-state index is 13.1. The van der Waals surface area contributed by atoms with E-state index in [0.717, 1.165) is 0 Å². The van der Waals surface area contributed by atoms with Crippen molar-refractivity contribution in [3.05, 3.63) is 30.1 Å². The molecule has 5 nitrogen and oxygen atoms in total. The summed E-state index contributed by atoms with van der Waals surface area (Å²) in [5.74, 6) is -1.59. The summed E-state index contributed by atoms with van der Waals surface area (Å²) in [4.78, 5) is 23.2. The lowest BCUT2D eigenvalue weighted by Gasteiger charge is -2.32. The first kappa shape index (κ1) is 17.9. The molecule has 0 bridgehead atoms. The van der Waals surface area contributed by atoms with E-state index < -0.39 is 29.3 Å². The molecule has 122 valence electrons. The molecule has 1 atom stereocenters. The first-order chi connectivity index (χ1) is 10.3. The van der Waals surface area contributed by atoms with Gasteiger partial charge < -0.3 is 15.2 Å². The van der Waals surface area contributed by atoms with E-state index in [1.54, 1.807) is 6.07 Å². The van der Waals surface area contributed by atoms with Crippen LogP contribution in [0.3, 0.4) is 0 Å². The van der Waals surface area contributed by atoms with Gasteiger partial charge in [-0.3, -0.25) is 9.59 Å². The molecule has 6 heteroatoms. The molecule has 0 aromatic heterocycles. The largest absolute Gasteiger partial charge is 0.481 e. The van der Waals surface area contributed by atoms with E-state index in [4.69, 9.17) is 9.84 Å². The van der Waals surface area contributed by atoms with Gasteiger partial charge in [-0.2, -0.15) is 0 Å². The van der Waals surface area contributed by atoms with Gasteiger partial charge in [0.1, 0.15) is 11.6 Å². The molecule has 1 rings (SSSR count). The van der Waals surface area contributed by atoms with Crippen LogP contribution in [0.25, 0.3) is 0 Å². The van der Waals surface area contributed by atoms with Crippen LogP contribution >= 0.6 is 0 Å². The Balaban J connectivity index is 2.74. The van der Waals surface area contributed by atoms with E-state index in [-0.39, 0.29) is 12.2 Å². The Bertz CT molecular complexity index is 529. The fourth-order valence-corrected chi connectivity index (χ4v) is 2.17. The number of carboxylic acid groups (broad SMARTS) is 1. The second-order valence-corrected chi connectivity index (χ2v) is 5.26. The molecule has 0 aliphatic carbocycles. The van der Waals surface area contributed by atoms with E-state index >= 15 is 0 Å². The van der Waals surface area contributed by atoms with Gasteiger partial charge in [0, 0.05) is 6.07 Å². The van der Waals surface area contributed by atoms with Crippen LogP contribution in [0.2, 0.25) is 0 Å². The number of nitrogens with one attached hydrogen (secondary N) is 1. The van der Waals surface area contributed by atoms with Crippen LogP contribution < -0.4 is 10.1 Å². The molecule has 22 heavy (non-hydrogen) atoms. The Morgan fingerprint density at radius 2 is 2.00 bits per heavy atom. The molecule has 0 radical (unpaired) electrons. The summed E-state index contributed by atoms with van der Waals surface area (Å²) in [5, 5.41) is 11.8. The third-order valence-electron chi connectivity index (χ3n) is 3.71. The number of carbonyl (C=O) groups is 2. The SMILES string of the molecule is CCC(CC)(CC(=O)O)NC(=O)C(C)Oc1cccc(F)c1. The quantitative estimate of drug-likeness (QED) is 0.774. The molecule has 1 aromatic rings. The van der Waals surface area contributed by atoms with E-state index in [9.17, 15) is 14.0 Å². The average molecular weight is 311 g/mol. The number of carboxylic acids is 1. The standard InChI is InChI=1S/C16H22FNO4/c1-4-16(5-2,10-14(19)20)18-15(21)11(3)22-13-8-6-7-12(17)9-13/h6-9,11H,4-5,10H2,1-3H3,(H,18,21)(H,19,20). The van der Waals surface area contributed by atoms with Crippen molar-refractivity contribution in [1.29, 1.82) is 0 Å². The zero-order valence-electron chi connectivity index (χ0n) is 13.1. The Morgan fingerprint density at radius 3 is 2.50 bits per heavy atom. The lowest BCUT2D eigenvalue weighted by atomic mass is 9.88. The van der Waals surface area contributed by atoms with Crippen LogP contribution in [0, 0.1) is 5.82 Å². The van der Waals surface area contributed by atoms with Gasteiger partial charge >= 0.3 is 5.97 Å². The minimum Gasteiger partial charge on any atom is -0.481 e. The van der Waals surface area contributed by atoms with Crippen LogP contribution in [-0.4, -0.2) is 28.6 Å². The van der Waals surface area contributed by atoms with Gasteiger partial charge in [0.15, 0.2) is 6.10 Å². The third kappa shape index (κ3) is 5.02. The van der Waals surface area contributed by atoms with Gasteiger partial charge in [-0.15, -0.1) is 0 Å². The molecule has 1 aromatic carbocycles. The number of hydrogen-bond donors (Lipinski definition) is 2. The highest BCUT2D eigenvalue weighted by Gasteiger charge is 2.32. The summed E-state index contributed by atoms with van der Waals surface area (Å²) in [6, 6.07) is 5.51. The van der Waals surface area contributed by atoms with Crippen LogP contribution in [0.5, 0.6) is 5.75 Å². The molecule has 0 spiro atoms. The summed E-state index contributed by atoms with van der Waals surface area (Å²) in [6.45, 7) is 5.19. The predicted octanol–water partition coefficient (Wildman–Crippen LogP) is 2.74. The molecule has 0 aliphatic heterocycles. The molecule has 1 unspecified atom stereocenters. The number of aliphatic carboxylic acids is 1. The van der Waals surface area contributed by atoms with E-state index in [1.807, 2.05) is 13.8 Å². The van der Waals surface area contributed by atoms with Gasteiger partial charge in [-0.05, 0) is 31.9 Å². The summed E-state index contributed by atoms with van der Waals surface area (Å²) >= 11 is 0. The van der Waals surface area contributed by atoms with Crippen molar-refractivity contribution in [2.24, 2.45) is 0 Å². The smallest absolute Gasteiger partial charge is 0.305 e. The Labute approximate surface area is 129 Å². The molecule has 0 heterocycles. The van der Waals surface area contributed by atoms with Crippen molar-refractivity contribution in [1.82, 2.24) is 5.32 Å². The van der Waals surface area contributed by atoms with Gasteiger partial charge in [0.05, 0.1) is 12.0 Å². The number of rotatable bonds is 8. The normalized spacial score (nSPS) is 12.5. The second kappa shape index (κ2) is 7.77. The monoisotopic (exact) mass is 311 g/mol. The fourth-order valence-electron chi connectivity index (χ4n) is 2.17. The van der Waals surface area contributed by atoms with Gasteiger partial charge in [-0.1, -0.05) is 19.9 Å². The minimum atomic E-state index is -0.970. The predicted molar refractivity (Wildman–Crippen MR) is 80.2 cm³/mol. The van der Waals surface area contributed by atoms with Crippen LogP contribution in [0.15, 0.2) is 24.3 Å². The second-order valence-electron chi connectivity index (χ2n) is 5.26. The molecule has 0 saturated carbocycles. The molecule has 0 aliphatic rings. The average Bonchev–Trinajstić information content (AvgIpc) is 2.45. The number of carbonyl (C=O) groups excluding carboxylic acids is 1. The lowest BCUT2D eigenvalue weighted by Crippen LogP contribution is -2.52. The Kier molecular flexibility index (Phi) is 6.34. The molecular formula is C16H22FNO4. The van der Waals surface area contributed by atoms with Crippen molar-refractivity contribution in [2.45, 2.75) is 51.7 Å². The molecular weight excluding hydrogens is 289 g/mol. The molecule has 2 N–H and O–H groups in total. The topological polar surface area (TPSA) is 75.6 Å². The molecule has 1 amide bonds. The first-order valence-electron chi connectivity index (χ1n) is 7.28. The number of benzene rings is 1. The Hall–Kier alpha value is -2.11. The summed E-state index contributed by atoms with van der Waals surface area (Å²) in [6.07, 6.45) is -0.0194. The number of hydrogen-bond acceptors (Lipinski definition) is 3. The van der Waals surface area contributed by atoms with Crippen molar-refractivity contribution in [2.75, 3.05) is 0 Å². The zero-order chi connectivity index (χ0) is 16.8. The minimum absolute atomic E-state index is 0.154. The number of ether oxygens (including phenoxy) is 1. The van der Waals surface area contributed by atoms with Gasteiger partial charge in [0.2, 0.25) is 0 Å². The number of halogens is 1. The van der Waals surface area contributed by atoms with Crippen molar-refractivity contribution < 1.29 is 23.8 Å². The number of amides is 1. The van der Waals surface area contributed by atoms with Crippen LogP contribution in [0.4, 0.5) is 4.39 Å². The zero-order valence-corrected chi connectivity index (χ0v) is 13.1. The maximum Gasteiger partial charge on any atom is 0.305 e. The first-order valence-corrected chi connectivity index (χ1v) is 7.28. The fraction of sp³-hybridized carbons (Fsp3) is 0.500. The van der Waals surface area contributed by atoms with Crippen LogP contribution in [-0.2, 0) is 9.59 Å². The third-order valence-corrected chi connectivity index (χ3v) is 3.71. The van der Waals surface area contributed by atoms with E-state index in [2.05, 4.69) is 5.32 Å². The highest BCUT2D eigenvalue weighted by Crippen LogP contribution is 2.21. The van der Waals surface area contributed by atoms with E-state index in [1.165, 1.54) is 25.1 Å². The van der Waals surface area contributed by atoms with Crippen molar-refractivity contribution in [3.8, 4) is 5.75 Å². The highest BCUT2D eigenvalue weighted by atomic mass is 19.1. The summed E-state index contributed by atoms with van der Waals surface area (Å²) in [7, 11) is 0. The van der Waals surface area contributed by atoms with Gasteiger partial charge in [0.25, 0.3) is 5.91 Å². The van der Waals surface area contributed by atoms with Gasteiger partial charge in [-0.25, -0.2) is 4.39 Å². The maximum absolute atomic E-state index is 13.1. The summed E-state index contributed by atoms with van der Waals surface area (Å²) < 4.78 is 18.5. The van der Waals surface area contributed by atoms with E-state index in [0.29, 0.717) is 12.8 Å². The van der Waals surface area contributed by atoms with Crippen molar-refractivity contribution >= 4 is 11.9 Å². The lowest BCUT2D eigenvalue weighted by molar-refractivity contribution is -0.139. The molecule has 0 fully saturated rings. The highest BCUT2D eigenvalue weighted by molar-refractivity contribution is 5.82.